The van der Waals surface area contributed by atoms with Crippen molar-refractivity contribution in [3.05, 3.63) is 21.9 Å². The van der Waals surface area contributed by atoms with Crippen LogP contribution in [-0.2, 0) is 6.42 Å². The van der Waals surface area contributed by atoms with Crippen LogP contribution in [0.25, 0.3) is 0 Å². The normalized spacial score (nSPS) is 20.6. The second-order valence-electron chi connectivity index (χ2n) is 5.30. The third-order valence-corrected chi connectivity index (χ3v) is 5.81. The number of aryl methyl sites for hydroxylation is 1. The predicted octanol–water partition coefficient (Wildman–Crippen LogP) is 4.54. The molecule has 96 valence electrons. The van der Waals surface area contributed by atoms with Crippen molar-refractivity contribution < 1.29 is 0 Å². The molecular formula is C15H25NS. The number of thiophene rings is 1. The van der Waals surface area contributed by atoms with Crippen molar-refractivity contribution >= 4 is 11.3 Å². The molecule has 1 heterocycles. The fraction of sp³-hybridized carbons (Fsp3) is 0.733. The Balaban J connectivity index is 2.25. The summed E-state index contributed by atoms with van der Waals surface area (Å²) in [6, 6.07) is 5.23. The molecule has 0 bridgehead atoms. The molecule has 1 aromatic heterocycles. The third-order valence-electron chi connectivity index (χ3n) is 4.52. The monoisotopic (exact) mass is 251 g/mol. The van der Waals surface area contributed by atoms with Crippen LogP contribution in [0.2, 0.25) is 0 Å². The Kier molecular flexibility index (Phi) is 4.26. The maximum absolute atomic E-state index is 3.60. The number of hydrogen-bond donors (Lipinski definition) is 1. The van der Waals surface area contributed by atoms with Gasteiger partial charge in [-0.1, -0.05) is 26.7 Å². The summed E-state index contributed by atoms with van der Waals surface area (Å²) >= 11 is 2.00. The quantitative estimate of drug-likeness (QED) is 0.810. The molecule has 1 saturated carbocycles. The van der Waals surface area contributed by atoms with Gasteiger partial charge in [-0.2, -0.15) is 0 Å². The van der Waals surface area contributed by atoms with Crippen molar-refractivity contribution in [3.63, 3.8) is 0 Å². The van der Waals surface area contributed by atoms with E-state index in [-0.39, 0.29) is 0 Å². The molecule has 0 saturated heterocycles. The second-order valence-corrected chi connectivity index (χ2v) is 6.50. The molecule has 1 aliphatic carbocycles. The summed E-state index contributed by atoms with van der Waals surface area (Å²) in [7, 11) is 2.13. The summed E-state index contributed by atoms with van der Waals surface area (Å²) in [6.45, 7) is 4.61. The van der Waals surface area contributed by atoms with Crippen LogP contribution in [0.1, 0.15) is 61.7 Å². The van der Waals surface area contributed by atoms with Crippen LogP contribution in [0.15, 0.2) is 12.1 Å². The van der Waals surface area contributed by atoms with Gasteiger partial charge in [-0.25, -0.2) is 0 Å². The van der Waals surface area contributed by atoms with Gasteiger partial charge in [-0.05, 0) is 50.3 Å². The van der Waals surface area contributed by atoms with Crippen LogP contribution in [0, 0.1) is 5.41 Å². The SMILES string of the molecule is CCc1ccc(C(NC)C2(CC)CCCC2)s1. The molecule has 0 aromatic carbocycles. The van der Waals surface area contributed by atoms with E-state index < -0.39 is 0 Å². The molecule has 0 aliphatic heterocycles. The minimum Gasteiger partial charge on any atom is -0.312 e. The highest BCUT2D eigenvalue weighted by Crippen LogP contribution is 2.50. The summed E-state index contributed by atoms with van der Waals surface area (Å²) in [6.07, 6.45) is 8.09. The van der Waals surface area contributed by atoms with Crippen molar-refractivity contribution in [2.24, 2.45) is 5.41 Å². The molecule has 1 nitrogen and oxygen atoms in total. The molecular weight excluding hydrogens is 226 g/mol. The van der Waals surface area contributed by atoms with Crippen molar-refractivity contribution in [1.29, 1.82) is 0 Å². The number of nitrogens with one attached hydrogen (secondary N) is 1. The molecule has 1 fully saturated rings. The average Bonchev–Trinajstić information content (AvgIpc) is 3.00. The average molecular weight is 251 g/mol. The van der Waals surface area contributed by atoms with E-state index >= 15 is 0 Å². The van der Waals surface area contributed by atoms with Crippen LogP contribution >= 0.6 is 11.3 Å². The Morgan fingerprint density at radius 3 is 2.47 bits per heavy atom. The first-order valence-corrected chi connectivity index (χ1v) is 7.83. The Hall–Kier alpha value is -0.340. The Morgan fingerprint density at radius 1 is 1.29 bits per heavy atom. The largest absolute Gasteiger partial charge is 0.312 e. The maximum atomic E-state index is 3.60. The lowest BCUT2D eigenvalue weighted by Crippen LogP contribution is -2.33. The van der Waals surface area contributed by atoms with Gasteiger partial charge in [0.1, 0.15) is 0 Å². The Labute approximate surface area is 110 Å². The van der Waals surface area contributed by atoms with Crippen LogP contribution in [0.5, 0.6) is 0 Å². The lowest BCUT2D eigenvalue weighted by Gasteiger charge is -2.36. The molecule has 1 unspecified atom stereocenters. The molecule has 1 aliphatic rings. The van der Waals surface area contributed by atoms with Crippen LogP contribution in [0.4, 0.5) is 0 Å². The smallest absolute Gasteiger partial charge is 0.0469 e. The van der Waals surface area contributed by atoms with E-state index in [0.29, 0.717) is 11.5 Å². The van der Waals surface area contributed by atoms with Crippen LogP contribution in [0.3, 0.4) is 0 Å². The lowest BCUT2D eigenvalue weighted by molar-refractivity contribution is 0.198. The van der Waals surface area contributed by atoms with Gasteiger partial charge >= 0.3 is 0 Å². The fourth-order valence-corrected chi connectivity index (χ4v) is 4.62. The highest BCUT2D eigenvalue weighted by molar-refractivity contribution is 7.12. The van der Waals surface area contributed by atoms with Gasteiger partial charge in [0.2, 0.25) is 0 Å². The van der Waals surface area contributed by atoms with Gasteiger partial charge in [0, 0.05) is 15.8 Å². The van der Waals surface area contributed by atoms with E-state index in [9.17, 15) is 0 Å². The predicted molar refractivity (Wildman–Crippen MR) is 76.7 cm³/mol. The first-order chi connectivity index (χ1) is 8.25. The van der Waals surface area contributed by atoms with Gasteiger partial charge in [0.25, 0.3) is 0 Å². The van der Waals surface area contributed by atoms with Gasteiger partial charge in [-0.15, -0.1) is 11.3 Å². The molecule has 0 amide bonds. The summed E-state index contributed by atoms with van der Waals surface area (Å²) < 4.78 is 0. The summed E-state index contributed by atoms with van der Waals surface area (Å²) in [5, 5.41) is 3.60. The van der Waals surface area contributed by atoms with Crippen molar-refractivity contribution in [2.75, 3.05) is 7.05 Å². The first-order valence-electron chi connectivity index (χ1n) is 7.01. The second kappa shape index (κ2) is 5.53. The van der Waals surface area contributed by atoms with Gasteiger partial charge in [0.05, 0.1) is 0 Å². The third kappa shape index (κ3) is 2.43. The molecule has 17 heavy (non-hydrogen) atoms. The highest BCUT2D eigenvalue weighted by Gasteiger charge is 2.40. The topological polar surface area (TPSA) is 12.0 Å². The van der Waals surface area contributed by atoms with E-state index in [0.717, 1.165) is 0 Å². The van der Waals surface area contributed by atoms with Gasteiger partial charge in [-0.3, -0.25) is 0 Å². The zero-order chi connectivity index (χ0) is 12.3. The zero-order valence-electron chi connectivity index (χ0n) is 11.4. The van der Waals surface area contributed by atoms with Gasteiger partial charge in [0.15, 0.2) is 0 Å². The molecule has 2 heteroatoms. The van der Waals surface area contributed by atoms with Crippen molar-refractivity contribution in [3.8, 4) is 0 Å². The molecule has 1 N–H and O–H groups in total. The van der Waals surface area contributed by atoms with E-state index in [4.69, 9.17) is 0 Å². The highest BCUT2D eigenvalue weighted by atomic mass is 32.1. The number of hydrogen-bond acceptors (Lipinski definition) is 2. The minimum absolute atomic E-state index is 0.518. The molecule has 0 radical (unpaired) electrons. The molecule has 1 aromatic rings. The summed E-state index contributed by atoms with van der Waals surface area (Å²) in [5.41, 5.74) is 0.518. The Bertz CT molecular complexity index is 350. The molecule has 2 rings (SSSR count). The van der Waals surface area contributed by atoms with Gasteiger partial charge < -0.3 is 5.32 Å². The maximum Gasteiger partial charge on any atom is 0.0469 e. The minimum atomic E-state index is 0.518. The summed E-state index contributed by atoms with van der Waals surface area (Å²) in [4.78, 5) is 3.07. The van der Waals surface area contributed by atoms with E-state index in [1.165, 1.54) is 43.4 Å². The van der Waals surface area contributed by atoms with Crippen LogP contribution in [-0.4, -0.2) is 7.05 Å². The van der Waals surface area contributed by atoms with E-state index in [2.05, 4.69) is 38.3 Å². The lowest BCUT2D eigenvalue weighted by atomic mass is 9.75. The molecule has 1 atom stereocenters. The van der Waals surface area contributed by atoms with E-state index in [1.807, 2.05) is 11.3 Å². The number of rotatable bonds is 5. The van der Waals surface area contributed by atoms with E-state index in [1.54, 1.807) is 4.88 Å². The first kappa shape index (κ1) is 13.1. The fourth-order valence-electron chi connectivity index (χ4n) is 3.42. The zero-order valence-corrected chi connectivity index (χ0v) is 12.2. The van der Waals surface area contributed by atoms with Crippen molar-refractivity contribution in [2.45, 2.75) is 58.4 Å². The Morgan fingerprint density at radius 2 is 2.00 bits per heavy atom. The van der Waals surface area contributed by atoms with Crippen molar-refractivity contribution in [1.82, 2.24) is 5.32 Å². The standard InChI is InChI=1S/C15H25NS/c1-4-12-8-9-13(17-12)14(16-3)15(5-2)10-6-7-11-15/h8-9,14,16H,4-7,10-11H2,1-3H3. The molecule has 0 spiro atoms. The summed E-state index contributed by atoms with van der Waals surface area (Å²) in [5.74, 6) is 0. The van der Waals surface area contributed by atoms with Crippen LogP contribution < -0.4 is 5.32 Å².